The third-order valence-corrected chi connectivity index (χ3v) is 5.49. The van der Waals surface area contributed by atoms with E-state index >= 15 is 0 Å². The number of nitrogens with two attached hydrogens (primary N) is 1. The lowest BCUT2D eigenvalue weighted by molar-refractivity contribution is 0.295. The third kappa shape index (κ3) is 2.61. The molecule has 0 spiro atoms. The van der Waals surface area contributed by atoms with Crippen molar-refractivity contribution in [1.29, 1.82) is 0 Å². The molecule has 2 aromatic rings. The van der Waals surface area contributed by atoms with Gasteiger partial charge in [-0.2, -0.15) is 0 Å². The molecule has 3 unspecified atom stereocenters. The Morgan fingerprint density at radius 1 is 1.38 bits per heavy atom. The van der Waals surface area contributed by atoms with Crippen molar-refractivity contribution in [2.45, 2.75) is 25.4 Å². The summed E-state index contributed by atoms with van der Waals surface area (Å²) in [6.45, 7) is 2.92. The van der Waals surface area contributed by atoms with Crippen LogP contribution in [-0.2, 0) is 6.54 Å². The van der Waals surface area contributed by atoms with Crippen LogP contribution in [0.1, 0.15) is 18.5 Å². The van der Waals surface area contributed by atoms with Gasteiger partial charge in [0.25, 0.3) is 5.56 Å². The first-order valence-corrected chi connectivity index (χ1v) is 8.02. The molecule has 0 bridgehead atoms. The fourth-order valence-electron chi connectivity index (χ4n) is 3.73. The normalized spacial score (nSPS) is 28.7. The first-order chi connectivity index (χ1) is 9.70. The van der Waals surface area contributed by atoms with Crippen LogP contribution in [0, 0.1) is 11.8 Å². The van der Waals surface area contributed by atoms with Crippen LogP contribution in [0.25, 0.3) is 4.96 Å². The molecule has 1 aliphatic carbocycles. The van der Waals surface area contributed by atoms with Crippen molar-refractivity contribution in [3.8, 4) is 0 Å². The summed E-state index contributed by atoms with van der Waals surface area (Å²) < 4.78 is 1.60. The number of hydrogen-bond donors (Lipinski definition) is 1. The lowest BCUT2D eigenvalue weighted by Crippen LogP contribution is -2.30. The molecule has 1 saturated carbocycles. The number of rotatable bonds is 2. The Balaban J connectivity index is 0.00000132. The monoisotopic (exact) mass is 326 g/mol. The second-order valence-corrected chi connectivity index (χ2v) is 6.87. The SMILES string of the molecule is Cl.NC1CCC2CN(Cc3cc(=O)n4ccsc4n3)CC12. The van der Waals surface area contributed by atoms with Crippen molar-refractivity contribution in [2.24, 2.45) is 17.6 Å². The number of likely N-dealkylation sites (tertiary alicyclic amines) is 1. The molecular formula is C14H19ClN4OS. The predicted molar refractivity (Wildman–Crippen MR) is 86.1 cm³/mol. The van der Waals surface area contributed by atoms with Gasteiger partial charge in [0.05, 0.1) is 5.69 Å². The van der Waals surface area contributed by atoms with Gasteiger partial charge in [-0.1, -0.05) is 0 Å². The number of aromatic nitrogens is 2. The third-order valence-electron chi connectivity index (χ3n) is 4.73. The molecule has 1 saturated heterocycles. The van der Waals surface area contributed by atoms with Gasteiger partial charge in [0.2, 0.25) is 0 Å². The second kappa shape index (κ2) is 5.68. The fraction of sp³-hybridized carbons (Fsp3) is 0.571. The van der Waals surface area contributed by atoms with E-state index in [-0.39, 0.29) is 18.0 Å². The second-order valence-electron chi connectivity index (χ2n) is 6.00. The van der Waals surface area contributed by atoms with E-state index in [1.54, 1.807) is 16.7 Å². The summed E-state index contributed by atoms with van der Waals surface area (Å²) in [4.78, 5) is 19.7. The summed E-state index contributed by atoms with van der Waals surface area (Å²) in [5, 5.41) is 1.90. The molecule has 0 radical (unpaired) electrons. The number of fused-ring (bicyclic) bond motifs is 2. The molecule has 1 aliphatic heterocycles. The Kier molecular flexibility index (Phi) is 4.05. The molecular weight excluding hydrogens is 308 g/mol. The number of halogens is 1. The van der Waals surface area contributed by atoms with E-state index in [0.29, 0.717) is 12.0 Å². The van der Waals surface area contributed by atoms with Crippen molar-refractivity contribution < 1.29 is 0 Å². The number of nitrogens with zero attached hydrogens (tertiary/aromatic N) is 3. The van der Waals surface area contributed by atoms with E-state index < -0.39 is 0 Å². The zero-order valence-corrected chi connectivity index (χ0v) is 13.3. The summed E-state index contributed by atoms with van der Waals surface area (Å²) in [5.41, 5.74) is 7.06. The van der Waals surface area contributed by atoms with Gasteiger partial charge in [-0.05, 0) is 24.7 Å². The van der Waals surface area contributed by atoms with Crippen LogP contribution >= 0.6 is 23.7 Å². The summed E-state index contributed by atoms with van der Waals surface area (Å²) in [6, 6.07) is 2.02. The van der Waals surface area contributed by atoms with E-state index in [9.17, 15) is 4.79 Å². The minimum Gasteiger partial charge on any atom is -0.327 e. The average molecular weight is 327 g/mol. The van der Waals surface area contributed by atoms with Gasteiger partial charge in [-0.25, -0.2) is 4.98 Å². The van der Waals surface area contributed by atoms with Crippen LogP contribution < -0.4 is 11.3 Å². The van der Waals surface area contributed by atoms with Crippen molar-refractivity contribution in [2.75, 3.05) is 13.1 Å². The predicted octanol–water partition coefficient (Wildman–Crippen LogP) is 1.35. The molecule has 2 aromatic heterocycles. The minimum absolute atomic E-state index is 0. The Bertz CT molecular complexity index is 700. The minimum atomic E-state index is 0. The van der Waals surface area contributed by atoms with Crippen LogP contribution in [0.3, 0.4) is 0 Å². The highest BCUT2D eigenvalue weighted by Gasteiger charge is 2.40. The van der Waals surface area contributed by atoms with Gasteiger partial charge in [-0.3, -0.25) is 14.1 Å². The lowest BCUT2D eigenvalue weighted by Gasteiger charge is -2.17. The van der Waals surface area contributed by atoms with Crippen molar-refractivity contribution in [3.63, 3.8) is 0 Å². The highest BCUT2D eigenvalue weighted by Crippen LogP contribution is 2.37. The molecule has 21 heavy (non-hydrogen) atoms. The van der Waals surface area contributed by atoms with E-state index in [1.165, 1.54) is 24.2 Å². The average Bonchev–Trinajstić information content (AvgIpc) is 3.08. The fourth-order valence-corrected chi connectivity index (χ4v) is 4.47. The van der Waals surface area contributed by atoms with Crippen LogP contribution in [0.2, 0.25) is 0 Å². The first-order valence-electron chi connectivity index (χ1n) is 7.14. The molecule has 3 atom stereocenters. The van der Waals surface area contributed by atoms with E-state index in [1.807, 2.05) is 5.38 Å². The molecule has 0 amide bonds. The molecule has 4 rings (SSSR count). The maximum absolute atomic E-state index is 12.0. The standard InChI is InChI=1S/C14H18N4OS.ClH/c15-12-2-1-9-6-17(8-11(9)12)7-10-5-13(19)18-3-4-20-14(18)16-10;/h3-5,9,11-12H,1-2,6-8,15H2;1H. The summed E-state index contributed by atoms with van der Waals surface area (Å²) >= 11 is 1.50. The van der Waals surface area contributed by atoms with Crippen molar-refractivity contribution in [3.05, 3.63) is 33.7 Å². The first kappa shape index (κ1) is 15.0. The van der Waals surface area contributed by atoms with Gasteiger partial charge in [-0.15, -0.1) is 23.7 Å². The molecule has 0 aromatic carbocycles. The topological polar surface area (TPSA) is 63.6 Å². The quantitative estimate of drug-likeness (QED) is 0.904. The molecule has 3 heterocycles. The van der Waals surface area contributed by atoms with E-state index in [0.717, 1.165) is 36.2 Å². The van der Waals surface area contributed by atoms with Gasteiger partial charge >= 0.3 is 0 Å². The Morgan fingerprint density at radius 2 is 2.24 bits per heavy atom. The molecule has 2 N–H and O–H groups in total. The molecule has 5 nitrogen and oxygen atoms in total. The Labute approximate surface area is 133 Å². The van der Waals surface area contributed by atoms with E-state index in [2.05, 4.69) is 9.88 Å². The molecule has 7 heteroatoms. The van der Waals surface area contributed by atoms with Crippen LogP contribution in [0.15, 0.2) is 22.4 Å². The summed E-state index contributed by atoms with van der Waals surface area (Å²) in [5.74, 6) is 1.39. The summed E-state index contributed by atoms with van der Waals surface area (Å²) in [7, 11) is 0. The number of hydrogen-bond acceptors (Lipinski definition) is 5. The van der Waals surface area contributed by atoms with Gasteiger partial charge in [0, 0.05) is 43.3 Å². The molecule has 114 valence electrons. The van der Waals surface area contributed by atoms with Gasteiger partial charge < -0.3 is 5.73 Å². The highest BCUT2D eigenvalue weighted by molar-refractivity contribution is 7.15. The van der Waals surface area contributed by atoms with Crippen molar-refractivity contribution >= 4 is 28.7 Å². The van der Waals surface area contributed by atoms with Gasteiger partial charge in [0.1, 0.15) is 0 Å². The Hall–Kier alpha value is -0.950. The number of thiazole rings is 1. The molecule has 2 aliphatic rings. The zero-order chi connectivity index (χ0) is 13.7. The summed E-state index contributed by atoms with van der Waals surface area (Å²) in [6.07, 6.45) is 4.20. The molecule has 2 fully saturated rings. The smallest absolute Gasteiger partial charge is 0.258 e. The highest BCUT2D eigenvalue weighted by atomic mass is 35.5. The largest absolute Gasteiger partial charge is 0.327 e. The zero-order valence-electron chi connectivity index (χ0n) is 11.6. The maximum atomic E-state index is 12.0. The lowest BCUT2D eigenvalue weighted by atomic mass is 9.98. The Morgan fingerprint density at radius 3 is 3.05 bits per heavy atom. The van der Waals surface area contributed by atoms with Crippen LogP contribution in [-0.4, -0.2) is 33.4 Å². The van der Waals surface area contributed by atoms with E-state index in [4.69, 9.17) is 5.73 Å². The van der Waals surface area contributed by atoms with Crippen LogP contribution in [0.4, 0.5) is 0 Å². The van der Waals surface area contributed by atoms with Crippen LogP contribution in [0.5, 0.6) is 0 Å². The maximum Gasteiger partial charge on any atom is 0.258 e. The van der Waals surface area contributed by atoms with Gasteiger partial charge in [0.15, 0.2) is 4.96 Å². The van der Waals surface area contributed by atoms with Crippen molar-refractivity contribution in [1.82, 2.24) is 14.3 Å².